The molecule has 0 saturated heterocycles. The Morgan fingerprint density at radius 2 is 1.71 bits per heavy atom. The van der Waals surface area contributed by atoms with E-state index in [-0.39, 0.29) is 58.9 Å². The van der Waals surface area contributed by atoms with Gasteiger partial charge in [0.05, 0.1) is 0 Å². The molecular formula is C9H15Cl3NTi-2. The van der Waals surface area contributed by atoms with Gasteiger partial charge in [0, 0.05) is 0 Å². The van der Waals surface area contributed by atoms with Crippen molar-refractivity contribution in [2.75, 3.05) is 20.6 Å². The summed E-state index contributed by atoms with van der Waals surface area (Å²) in [5, 5.41) is 0. The number of hydrogen-bond donors (Lipinski definition) is 0. The number of nitrogens with zero attached hydrogens (tertiary/aromatic N) is 1. The van der Waals surface area contributed by atoms with Crippen LogP contribution in [0.25, 0.3) is 0 Å². The molecule has 0 aliphatic heterocycles. The zero-order chi connectivity index (χ0) is 7.82. The van der Waals surface area contributed by atoms with E-state index in [9.17, 15) is 0 Å². The third kappa shape index (κ3) is 29.2. The topological polar surface area (TPSA) is 3.24 Å². The summed E-state index contributed by atoms with van der Waals surface area (Å²) in [6, 6.07) is 0. The molecular weight excluding hydrogens is 276 g/mol. The quantitative estimate of drug-likeness (QED) is 0.343. The second kappa shape index (κ2) is 23.7. The molecule has 0 aromatic rings. The van der Waals surface area contributed by atoms with Crippen LogP contribution in [0, 0.1) is 13.0 Å². The fraction of sp³-hybridized carbons (Fsp3) is 0.444. The van der Waals surface area contributed by atoms with Gasteiger partial charge in [-0.05, 0) is 14.1 Å². The van der Waals surface area contributed by atoms with Gasteiger partial charge in [0.1, 0.15) is 0 Å². The van der Waals surface area contributed by atoms with E-state index in [4.69, 9.17) is 0 Å². The zero-order valence-corrected chi connectivity index (χ0v) is 12.3. The first-order valence-corrected chi connectivity index (χ1v) is 3.43. The van der Waals surface area contributed by atoms with Gasteiger partial charge in [0.25, 0.3) is 0 Å². The Kier molecular flexibility index (Phi) is 49.7. The first-order valence-electron chi connectivity index (χ1n) is 3.43. The molecule has 0 bridgehead atoms. The predicted molar refractivity (Wildman–Crippen MR) is 45.5 cm³/mol. The summed E-state index contributed by atoms with van der Waals surface area (Å²) in [6.45, 7) is 4.50. The molecule has 0 saturated carbocycles. The maximum atomic E-state index is 3.61. The summed E-state index contributed by atoms with van der Waals surface area (Å²) >= 11 is 0. The van der Waals surface area contributed by atoms with Crippen molar-refractivity contribution < 1.29 is 58.9 Å². The standard InChI is InChI=1S/C5H5.C4H10N.3ClH.Ti/c1-2-4-5-3-1;1-4-5(2)3;;;;/h1-3H,4H2;1,4H2,2-3H3;3*1H;/q2*-1;;;;+3/p-3. The van der Waals surface area contributed by atoms with Crippen LogP contribution in [0.1, 0.15) is 6.42 Å². The minimum absolute atomic E-state index is 0. The SMILES string of the molecule is [C-]1=CC=CC1.[CH2-]CN(C)C.[Cl-].[Cl-].[Cl-].[Ti+3]. The van der Waals surface area contributed by atoms with E-state index in [1.165, 1.54) is 0 Å². The molecule has 1 rings (SSSR count). The maximum absolute atomic E-state index is 3.61. The molecule has 0 heterocycles. The van der Waals surface area contributed by atoms with Crippen molar-refractivity contribution in [2.45, 2.75) is 6.42 Å². The average molecular weight is 291 g/mol. The Morgan fingerprint density at radius 3 is 1.79 bits per heavy atom. The van der Waals surface area contributed by atoms with Crippen molar-refractivity contribution in [3.63, 3.8) is 0 Å². The molecule has 0 aromatic heterocycles. The van der Waals surface area contributed by atoms with Crippen LogP contribution < -0.4 is 37.2 Å². The Balaban J connectivity index is -0.0000000300. The van der Waals surface area contributed by atoms with Crippen molar-refractivity contribution >= 4 is 0 Å². The Morgan fingerprint density at radius 1 is 1.29 bits per heavy atom. The van der Waals surface area contributed by atoms with E-state index >= 15 is 0 Å². The minimum Gasteiger partial charge on any atom is -1.00 e. The van der Waals surface area contributed by atoms with Crippen LogP contribution >= 0.6 is 0 Å². The van der Waals surface area contributed by atoms with Crippen LogP contribution in [0.3, 0.4) is 0 Å². The van der Waals surface area contributed by atoms with Gasteiger partial charge in [-0.3, -0.25) is 6.08 Å². The van der Waals surface area contributed by atoms with E-state index in [1.807, 2.05) is 31.1 Å². The Hall–Kier alpha value is 1.02. The second-order valence-electron chi connectivity index (χ2n) is 2.31. The van der Waals surface area contributed by atoms with Gasteiger partial charge in [-0.1, -0.05) is 0 Å². The molecule has 0 spiro atoms. The molecule has 0 unspecified atom stereocenters. The minimum atomic E-state index is 0. The predicted octanol–water partition coefficient (Wildman–Crippen LogP) is -7.30. The fourth-order valence-electron chi connectivity index (χ4n) is 0.340. The van der Waals surface area contributed by atoms with Crippen LogP contribution in [0.4, 0.5) is 0 Å². The van der Waals surface area contributed by atoms with E-state index in [2.05, 4.69) is 19.1 Å². The number of rotatable bonds is 1. The van der Waals surface area contributed by atoms with Gasteiger partial charge in [-0.25, -0.2) is 12.2 Å². The maximum Gasteiger partial charge on any atom is 3.00 e. The molecule has 0 amide bonds. The smallest absolute Gasteiger partial charge is 1.00 e. The molecule has 0 N–H and O–H groups in total. The van der Waals surface area contributed by atoms with E-state index < -0.39 is 0 Å². The summed E-state index contributed by atoms with van der Waals surface area (Å²) in [4.78, 5) is 2.01. The Labute approximate surface area is 122 Å². The van der Waals surface area contributed by atoms with E-state index in [0.717, 1.165) is 13.0 Å². The van der Waals surface area contributed by atoms with Crippen molar-refractivity contribution in [1.29, 1.82) is 0 Å². The van der Waals surface area contributed by atoms with E-state index in [1.54, 1.807) is 0 Å². The van der Waals surface area contributed by atoms with Gasteiger partial charge in [0.2, 0.25) is 0 Å². The van der Waals surface area contributed by atoms with Crippen LogP contribution in [-0.2, 0) is 21.7 Å². The molecule has 14 heavy (non-hydrogen) atoms. The molecule has 1 nitrogen and oxygen atoms in total. The van der Waals surface area contributed by atoms with Gasteiger partial charge in [-0.2, -0.15) is 6.08 Å². The third-order valence-corrected chi connectivity index (χ3v) is 1.03. The van der Waals surface area contributed by atoms with Crippen LogP contribution in [0.5, 0.6) is 0 Å². The van der Waals surface area contributed by atoms with Gasteiger partial charge in [-0.15, -0.1) is 13.0 Å². The van der Waals surface area contributed by atoms with Gasteiger partial charge < -0.3 is 49.0 Å². The zero-order valence-electron chi connectivity index (χ0n) is 8.43. The van der Waals surface area contributed by atoms with Crippen molar-refractivity contribution in [2.24, 2.45) is 0 Å². The molecule has 5 heteroatoms. The number of hydrogen-bond acceptors (Lipinski definition) is 1. The summed E-state index contributed by atoms with van der Waals surface area (Å²) in [5.74, 6) is 0. The third-order valence-electron chi connectivity index (χ3n) is 1.03. The summed E-state index contributed by atoms with van der Waals surface area (Å²) < 4.78 is 0. The van der Waals surface area contributed by atoms with Crippen LogP contribution in [0.15, 0.2) is 18.2 Å². The summed E-state index contributed by atoms with van der Waals surface area (Å²) in [6.07, 6.45) is 10.0. The molecule has 1 radical (unpaired) electrons. The van der Waals surface area contributed by atoms with E-state index in [0.29, 0.717) is 0 Å². The number of allylic oxidation sites excluding steroid dienone is 4. The average Bonchev–Trinajstić information content (AvgIpc) is 2.43. The second-order valence-corrected chi connectivity index (χ2v) is 2.31. The summed E-state index contributed by atoms with van der Waals surface area (Å²) in [5.41, 5.74) is 0. The van der Waals surface area contributed by atoms with Gasteiger partial charge in [0.15, 0.2) is 0 Å². The van der Waals surface area contributed by atoms with Crippen LogP contribution in [0.2, 0.25) is 0 Å². The number of halogens is 3. The molecule has 0 aromatic carbocycles. The first kappa shape index (κ1) is 29.4. The van der Waals surface area contributed by atoms with Crippen molar-refractivity contribution in [1.82, 2.24) is 4.90 Å². The molecule has 83 valence electrons. The van der Waals surface area contributed by atoms with Crippen LogP contribution in [-0.4, -0.2) is 25.5 Å². The summed E-state index contributed by atoms with van der Waals surface area (Å²) in [7, 11) is 3.99. The fourth-order valence-corrected chi connectivity index (χ4v) is 0.340. The largest absolute Gasteiger partial charge is 3.00 e. The molecule has 0 atom stereocenters. The monoisotopic (exact) mass is 290 g/mol. The first-order chi connectivity index (χ1) is 4.77. The molecule has 1 aliphatic carbocycles. The van der Waals surface area contributed by atoms with Crippen molar-refractivity contribution in [3.05, 3.63) is 31.2 Å². The van der Waals surface area contributed by atoms with Gasteiger partial charge >= 0.3 is 21.7 Å². The Bertz CT molecular complexity index is 117. The molecule has 0 fully saturated rings. The molecule has 1 aliphatic rings. The van der Waals surface area contributed by atoms with Crippen molar-refractivity contribution in [3.8, 4) is 0 Å². The normalized spacial score (nSPS) is 9.71.